The average molecular weight is 123 g/mol. The van der Waals surface area contributed by atoms with Crippen molar-refractivity contribution >= 4 is 11.5 Å². The molecule has 47 valence electrons. The lowest BCUT2D eigenvalue weighted by Gasteiger charge is -1.96. The summed E-state index contributed by atoms with van der Waals surface area (Å²) in [7, 11) is 1.65. The molecule has 0 fully saturated rings. The second kappa shape index (κ2) is 2.30. The van der Waals surface area contributed by atoms with E-state index in [0.29, 0.717) is 11.5 Å². The van der Waals surface area contributed by atoms with Gasteiger partial charge >= 0.3 is 0 Å². The summed E-state index contributed by atoms with van der Waals surface area (Å²) in [6.07, 6.45) is 2.96. The van der Waals surface area contributed by atoms with Gasteiger partial charge in [-0.05, 0) is 0 Å². The first kappa shape index (κ1) is 5.81. The molecule has 0 spiro atoms. The standard InChI is InChI=1S/C5H7N4/c1-7-4-2-8-3-9-5(4)6/h2-3H,1H3,(H2,6,8,9). The Labute approximate surface area is 53.1 Å². The Morgan fingerprint density at radius 1 is 1.67 bits per heavy atom. The van der Waals surface area contributed by atoms with Crippen LogP contribution < -0.4 is 11.1 Å². The molecule has 0 atom stereocenters. The Bertz CT molecular complexity index is 198. The molecule has 0 bridgehead atoms. The molecule has 4 heteroatoms. The molecule has 1 aromatic heterocycles. The van der Waals surface area contributed by atoms with E-state index in [1.807, 2.05) is 0 Å². The van der Waals surface area contributed by atoms with Crippen LogP contribution in [0.25, 0.3) is 0 Å². The maximum atomic E-state index is 5.39. The van der Waals surface area contributed by atoms with Crippen molar-refractivity contribution in [2.45, 2.75) is 0 Å². The lowest BCUT2D eigenvalue weighted by atomic mass is 10.5. The van der Waals surface area contributed by atoms with Crippen LogP contribution in [0.5, 0.6) is 0 Å². The van der Waals surface area contributed by atoms with E-state index >= 15 is 0 Å². The van der Waals surface area contributed by atoms with Gasteiger partial charge < -0.3 is 5.73 Å². The van der Waals surface area contributed by atoms with E-state index in [1.54, 1.807) is 13.2 Å². The quantitative estimate of drug-likeness (QED) is 0.568. The molecular weight excluding hydrogens is 116 g/mol. The molecule has 0 amide bonds. The molecule has 1 radical (unpaired) electrons. The van der Waals surface area contributed by atoms with E-state index < -0.39 is 0 Å². The Kier molecular flexibility index (Phi) is 1.48. The summed E-state index contributed by atoms with van der Waals surface area (Å²) in [5, 5.41) is 3.82. The van der Waals surface area contributed by atoms with E-state index in [4.69, 9.17) is 5.73 Å². The largest absolute Gasteiger partial charge is 0.382 e. The molecule has 0 aromatic carbocycles. The molecule has 0 unspecified atom stereocenters. The minimum absolute atomic E-state index is 0.424. The SMILES string of the molecule is C[N]c1cncnc1N. The van der Waals surface area contributed by atoms with E-state index in [-0.39, 0.29) is 0 Å². The van der Waals surface area contributed by atoms with E-state index in [1.165, 1.54) is 6.33 Å². The predicted molar refractivity (Wildman–Crippen MR) is 34.2 cm³/mol. The lowest BCUT2D eigenvalue weighted by molar-refractivity contribution is 1.04. The first-order valence-corrected chi connectivity index (χ1v) is 2.50. The fraction of sp³-hybridized carbons (Fsp3) is 0.200. The molecule has 0 saturated carbocycles. The third kappa shape index (κ3) is 1.07. The van der Waals surface area contributed by atoms with E-state index in [9.17, 15) is 0 Å². The Morgan fingerprint density at radius 2 is 2.44 bits per heavy atom. The van der Waals surface area contributed by atoms with Gasteiger partial charge in [-0.25, -0.2) is 9.97 Å². The topological polar surface area (TPSA) is 65.9 Å². The van der Waals surface area contributed by atoms with Crippen LogP contribution >= 0.6 is 0 Å². The van der Waals surface area contributed by atoms with E-state index in [0.717, 1.165) is 0 Å². The summed E-state index contributed by atoms with van der Waals surface area (Å²) in [6, 6.07) is 0. The highest BCUT2D eigenvalue weighted by Crippen LogP contribution is 2.09. The molecule has 9 heavy (non-hydrogen) atoms. The van der Waals surface area contributed by atoms with Crippen molar-refractivity contribution in [2.75, 3.05) is 12.8 Å². The summed E-state index contributed by atoms with van der Waals surface area (Å²) < 4.78 is 0. The van der Waals surface area contributed by atoms with Crippen molar-refractivity contribution in [1.82, 2.24) is 15.3 Å². The van der Waals surface area contributed by atoms with Crippen molar-refractivity contribution in [3.63, 3.8) is 0 Å². The maximum absolute atomic E-state index is 5.39. The minimum atomic E-state index is 0.424. The summed E-state index contributed by atoms with van der Waals surface area (Å²) in [5.74, 6) is 0.424. The second-order valence-corrected chi connectivity index (χ2v) is 1.52. The summed E-state index contributed by atoms with van der Waals surface area (Å²) in [4.78, 5) is 7.45. The molecule has 0 aliphatic heterocycles. The molecule has 0 saturated heterocycles. The van der Waals surface area contributed by atoms with Crippen molar-refractivity contribution in [2.24, 2.45) is 0 Å². The molecule has 0 aliphatic carbocycles. The Hall–Kier alpha value is -1.32. The first-order chi connectivity index (χ1) is 4.34. The van der Waals surface area contributed by atoms with Gasteiger partial charge in [-0.2, -0.15) is 0 Å². The average Bonchev–Trinajstić information content (AvgIpc) is 1.89. The summed E-state index contributed by atoms with van der Waals surface area (Å²) in [5.41, 5.74) is 6.02. The van der Waals surface area contributed by atoms with Crippen LogP contribution in [0, 0.1) is 0 Å². The molecule has 0 aliphatic rings. The predicted octanol–water partition coefficient (Wildman–Crippen LogP) is -0.0755. The van der Waals surface area contributed by atoms with E-state index in [2.05, 4.69) is 15.3 Å². The number of aromatic nitrogens is 2. The smallest absolute Gasteiger partial charge is 0.152 e. The van der Waals surface area contributed by atoms with Gasteiger partial charge in [0.25, 0.3) is 0 Å². The summed E-state index contributed by atoms with van der Waals surface area (Å²) >= 11 is 0. The van der Waals surface area contributed by atoms with Crippen LogP contribution in [0.15, 0.2) is 12.5 Å². The zero-order chi connectivity index (χ0) is 6.69. The number of nitrogens with two attached hydrogens (primary N) is 1. The maximum Gasteiger partial charge on any atom is 0.152 e. The van der Waals surface area contributed by atoms with Gasteiger partial charge in [0.05, 0.1) is 6.20 Å². The van der Waals surface area contributed by atoms with Crippen LogP contribution in [0.1, 0.15) is 0 Å². The number of nitrogens with zero attached hydrogens (tertiary/aromatic N) is 3. The Balaban J connectivity index is 3.01. The van der Waals surface area contributed by atoms with Crippen molar-refractivity contribution in [3.8, 4) is 0 Å². The number of nitrogen functional groups attached to an aromatic ring is 1. The summed E-state index contributed by atoms with van der Waals surface area (Å²) in [6.45, 7) is 0. The van der Waals surface area contributed by atoms with Gasteiger partial charge in [-0.15, -0.1) is 0 Å². The highest BCUT2D eigenvalue weighted by Gasteiger charge is 1.94. The molecule has 2 N–H and O–H groups in total. The van der Waals surface area contributed by atoms with Gasteiger partial charge in [0, 0.05) is 7.05 Å². The third-order valence-corrected chi connectivity index (χ3v) is 0.964. The van der Waals surface area contributed by atoms with Crippen LogP contribution in [0.3, 0.4) is 0 Å². The third-order valence-electron chi connectivity index (χ3n) is 0.964. The van der Waals surface area contributed by atoms with Crippen LogP contribution in [0.2, 0.25) is 0 Å². The Morgan fingerprint density at radius 3 is 2.89 bits per heavy atom. The number of hydrogen-bond acceptors (Lipinski definition) is 3. The van der Waals surface area contributed by atoms with Crippen LogP contribution in [-0.4, -0.2) is 17.0 Å². The van der Waals surface area contributed by atoms with Crippen LogP contribution in [-0.2, 0) is 0 Å². The zero-order valence-electron chi connectivity index (χ0n) is 5.07. The van der Waals surface area contributed by atoms with Gasteiger partial charge in [0.15, 0.2) is 5.82 Å². The normalized spacial score (nSPS) is 9.00. The second-order valence-electron chi connectivity index (χ2n) is 1.52. The number of anilines is 1. The van der Waals surface area contributed by atoms with Crippen molar-refractivity contribution in [1.29, 1.82) is 0 Å². The molecule has 4 nitrogen and oxygen atoms in total. The molecule has 1 rings (SSSR count). The highest BCUT2D eigenvalue weighted by atomic mass is 15.0. The van der Waals surface area contributed by atoms with Gasteiger partial charge in [0.1, 0.15) is 12.0 Å². The lowest BCUT2D eigenvalue weighted by Crippen LogP contribution is -1.97. The fourth-order valence-corrected chi connectivity index (χ4v) is 0.504. The number of hydrogen-bond donors (Lipinski definition) is 1. The monoisotopic (exact) mass is 123 g/mol. The molecule has 1 aromatic rings. The van der Waals surface area contributed by atoms with Crippen molar-refractivity contribution in [3.05, 3.63) is 12.5 Å². The van der Waals surface area contributed by atoms with Gasteiger partial charge in [0.2, 0.25) is 0 Å². The first-order valence-electron chi connectivity index (χ1n) is 2.50. The van der Waals surface area contributed by atoms with Crippen LogP contribution in [0.4, 0.5) is 11.5 Å². The fourth-order valence-electron chi connectivity index (χ4n) is 0.504. The van der Waals surface area contributed by atoms with Gasteiger partial charge in [-0.3, -0.25) is 5.32 Å². The zero-order valence-corrected chi connectivity index (χ0v) is 5.07. The molecular formula is C5H7N4. The van der Waals surface area contributed by atoms with Crippen molar-refractivity contribution < 1.29 is 0 Å². The number of rotatable bonds is 1. The van der Waals surface area contributed by atoms with Gasteiger partial charge in [-0.1, -0.05) is 0 Å². The highest BCUT2D eigenvalue weighted by molar-refractivity contribution is 5.53. The minimum Gasteiger partial charge on any atom is -0.382 e. The molecule has 1 heterocycles.